The molecule has 2 aromatic carbocycles. The molecule has 0 saturated carbocycles. The summed E-state index contributed by atoms with van der Waals surface area (Å²) in [6.07, 6.45) is 0. The van der Waals surface area contributed by atoms with Crippen molar-refractivity contribution < 1.29 is 17.9 Å². The van der Waals surface area contributed by atoms with E-state index in [1.807, 2.05) is 18.2 Å². The summed E-state index contributed by atoms with van der Waals surface area (Å²) in [6.45, 7) is 4.75. The summed E-state index contributed by atoms with van der Waals surface area (Å²) in [5.74, 6) is 1.39. The van der Waals surface area contributed by atoms with Crippen LogP contribution < -0.4 is 9.47 Å². The molecule has 0 spiro atoms. The highest BCUT2D eigenvalue weighted by molar-refractivity contribution is 7.89. The summed E-state index contributed by atoms with van der Waals surface area (Å²) >= 11 is 5.96. The minimum absolute atomic E-state index is 0.324. The maximum absolute atomic E-state index is 13.0. The van der Waals surface area contributed by atoms with Crippen molar-refractivity contribution in [3.05, 3.63) is 52.5 Å². The molecule has 0 bridgehead atoms. The third-order valence-corrected chi connectivity index (χ3v) is 7.23. The first-order chi connectivity index (χ1) is 13.3. The highest BCUT2D eigenvalue weighted by Gasteiger charge is 2.29. The molecule has 1 saturated heterocycles. The van der Waals surface area contributed by atoms with Gasteiger partial charge in [0.05, 0.1) is 19.1 Å². The van der Waals surface area contributed by atoms with E-state index >= 15 is 0 Å². The topological polar surface area (TPSA) is 59.1 Å². The summed E-state index contributed by atoms with van der Waals surface area (Å²) in [4.78, 5) is 2.56. The molecule has 152 valence electrons. The zero-order valence-electron chi connectivity index (χ0n) is 16.3. The Morgan fingerprint density at radius 3 is 2.25 bits per heavy atom. The number of sulfonamides is 1. The molecule has 6 nitrogen and oxygen atoms in total. The summed E-state index contributed by atoms with van der Waals surface area (Å²) < 4.78 is 38.1. The van der Waals surface area contributed by atoms with Gasteiger partial charge in [0, 0.05) is 37.7 Å². The molecule has 3 rings (SSSR count). The number of nitrogens with zero attached hydrogens (tertiary/aromatic N) is 2. The van der Waals surface area contributed by atoms with Crippen molar-refractivity contribution in [2.75, 3.05) is 40.4 Å². The predicted molar refractivity (Wildman–Crippen MR) is 110 cm³/mol. The maximum Gasteiger partial charge on any atom is 0.243 e. The molecule has 1 fully saturated rings. The van der Waals surface area contributed by atoms with Gasteiger partial charge >= 0.3 is 0 Å². The van der Waals surface area contributed by atoms with E-state index in [9.17, 15) is 8.42 Å². The quantitative estimate of drug-likeness (QED) is 0.712. The number of methoxy groups -OCH3 is 2. The maximum atomic E-state index is 13.0. The number of piperazine rings is 1. The fourth-order valence-electron chi connectivity index (χ4n) is 3.41. The predicted octanol–water partition coefficient (Wildman–Crippen LogP) is 3.17. The fourth-order valence-corrected chi connectivity index (χ4v) is 5.26. The number of benzene rings is 2. The van der Waals surface area contributed by atoms with Crippen LogP contribution in [0.3, 0.4) is 0 Å². The number of hydrogen-bond acceptors (Lipinski definition) is 5. The van der Waals surface area contributed by atoms with Crippen LogP contribution in [0, 0.1) is 6.92 Å². The van der Waals surface area contributed by atoms with E-state index in [0.717, 1.165) is 12.1 Å². The zero-order chi connectivity index (χ0) is 20.3. The lowest BCUT2D eigenvalue weighted by atomic mass is 10.1. The molecule has 0 atom stereocenters. The summed E-state index contributed by atoms with van der Waals surface area (Å²) in [5.41, 5.74) is 1.77. The van der Waals surface area contributed by atoms with E-state index in [-0.39, 0.29) is 0 Å². The molecule has 0 N–H and O–H groups in total. The second-order valence-electron chi connectivity index (χ2n) is 6.78. The summed E-state index contributed by atoms with van der Waals surface area (Å²) in [7, 11) is -0.288. The first-order valence-corrected chi connectivity index (χ1v) is 10.9. The van der Waals surface area contributed by atoms with E-state index in [0.29, 0.717) is 53.2 Å². The molecule has 1 heterocycles. The number of hydrogen-bond donors (Lipinski definition) is 0. The molecular weight excluding hydrogens is 400 g/mol. The van der Waals surface area contributed by atoms with Crippen LogP contribution in [0.5, 0.6) is 11.5 Å². The Bertz CT molecular complexity index is 941. The van der Waals surface area contributed by atoms with Gasteiger partial charge in [0.2, 0.25) is 10.0 Å². The molecule has 1 aliphatic rings. The van der Waals surface area contributed by atoms with Crippen LogP contribution in [-0.2, 0) is 16.6 Å². The van der Waals surface area contributed by atoms with E-state index in [4.69, 9.17) is 21.1 Å². The van der Waals surface area contributed by atoms with E-state index in [1.54, 1.807) is 43.6 Å². The van der Waals surface area contributed by atoms with Crippen molar-refractivity contribution >= 4 is 21.6 Å². The zero-order valence-corrected chi connectivity index (χ0v) is 17.9. The standard InChI is InChI=1S/C20H25ClN2O4S/c1-15-12-17(21)5-7-20(15)28(24,25)23-10-8-22(9-11-23)14-16-4-6-18(26-2)19(13-16)27-3/h4-7,12-13H,8-11,14H2,1-3H3. The second-order valence-corrected chi connectivity index (χ2v) is 9.12. The van der Waals surface area contributed by atoms with Crippen LogP contribution in [0.25, 0.3) is 0 Å². The second kappa shape index (κ2) is 8.69. The Kier molecular flexibility index (Phi) is 6.50. The SMILES string of the molecule is COc1ccc(CN2CCN(S(=O)(=O)c3ccc(Cl)cc3C)CC2)cc1OC. The Balaban J connectivity index is 1.66. The van der Waals surface area contributed by atoms with Gasteiger partial charge in [0.15, 0.2) is 11.5 Å². The van der Waals surface area contributed by atoms with Gasteiger partial charge < -0.3 is 9.47 Å². The first-order valence-electron chi connectivity index (χ1n) is 9.04. The van der Waals surface area contributed by atoms with E-state index < -0.39 is 10.0 Å². The Labute approximate surface area is 171 Å². The molecule has 0 radical (unpaired) electrons. The molecule has 1 aliphatic heterocycles. The highest BCUT2D eigenvalue weighted by atomic mass is 35.5. The molecule has 8 heteroatoms. The van der Waals surface area contributed by atoms with Crippen LogP contribution in [0.1, 0.15) is 11.1 Å². The molecule has 28 heavy (non-hydrogen) atoms. The molecule has 2 aromatic rings. The van der Waals surface area contributed by atoms with Crippen LogP contribution in [-0.4, -0.2) is 58.0 Å². The fraction of sp³-hybridized carbons (Fsp3) is 0.400. The average Bonchev–Trinajstić information content (AvgIpc) is 2.68. The van der Waals surface area contributed by atoms with Crippen LogP contribution in [0.15, 0.2) is 41.3 Å². The Hall–Kier alpha value is -1.80. The third-order valence-electron chi connectivity index (χ3n) is 4.94. The number of aryl methyl sites for hydroxylation is 1. The molecular formula is C20H25ClN2O4S. The van der Waals surface area contributed by atoms with Gasteiger partial charge in [0.1, 0.15) is 0 Å². The van der Waals surface area contributed by atoms with Gasteiger partial charge in [-0.3, -0.25) is 4.90 Å². The van der Waals surface area contributed by atoms with Crippen LogP contribution >= 0.6 is 11.6 Å². The van der Waals surface area contributed by atoms with Gasteiger partial charge in [0.25, 0.3) is 0 Å². The molecule has 0 aromatic heterocycles. The minimum atomic E-state index is -3.51. The van der Waals surface area contributed by atoms with Crippen molar-refractivity contribution in [3.8, 4) is 11.5 Å². The third kappa shape index (κ3) is 4.43. The Morgan fingerprint density at radius 2 is 1.64 bits per heavy atom. The van der Waals surface area contributed by atoms with Gasteiger partial charge in [-0.2, -0.15) is 4.31 Å². The number of rotatable bonds is 6. The number of ether oxygens (including phenoxy) is 2. The average molecular weight is 425 g/mol. The number of halogens is 1. The monoisotopic (exact) mass is 424 g/mol. The first kappa shape index (κ1) is 20.9. The van der Waals surface area contributed by atoms with Crippen molar-refractivity contribution in [3.63, 3.8) is 0 Å². The van der Waals surface area contributed by atoms with Crippen molar-refractivity contribution in [1.82, 2.24) is 9.21 Å². The van der Waals surface area contributed by atoms with E-state index in [2.05, 4.69) is 4.90 Å². The van der Waals surface area contributed by atoms with Crippen molar-refractivity contribution in [2.45, 2.75) is 18.4 Å². The molecule has 0 aliphatic carbocycles. The lowest BCUT2D eigenvalue weighted by molar-refractivity contribution is 0.181. The smallest absolute Gasteiger partial charge is 0.243 e. The van der Waals surface area contributed by atoms with Gasteiger partial charge in [-0.25, -0.2) is 8.42 Å². The lowest BCUT2D eigenvalue weighted by Crippen LogP contribution is -2.48. The van der Waals surface area contributed by atoms with Crippen molar-refractivity contribution in [1.29, 1.82) is 0 Å². The van der Waals surface area contributed by atoms with Gasteiger partial charge in [-0.05, 0) is 48.4 Å². The van der Waals surface area contributed by atoms with Gasteiger partial charge in [-0.15, -0.1) is 0 Å². The Morgan fingerprint density at radius 1 is 0.964 bits per heavy atom. The minimum Gasteiger partial charge on any atom is -0.493 e. The van der Waals surface area contributed by atoms with E-state index in [1.165, 1.54) is 0 Å². The summed E-state index contributed by atoms with van der Waals surface area (Å²) in [6, 6.07) is 10.7. The van der Waals surface area contributed by atoms with Crippen LogP contribution in [0.4, 0.5) is 0 Å². The van der Waals surface area contributed by atoms with Crippen molar-refractivity contribution in [2.24, 2.45) is 0 Å². The van der Waals surface area contributed by atoms with Crippen LogP contribution in [0.2, 0.25) is 5.02 Å². The normalized spacial score (nSPS) is 16.1. The molecule has 0 amide bonds. The lowest BCUT2D eigenvalue weighted by Gasteiger charge is -2.34. The highest BCUT2D eigenvalue weighted by Crippen LogP contribution is 2.28. The summed E-state index contributed by atoms with van der Waals surface area (Å²) in [5, 5.41) is 0.538. The van der Waals surface area contributed by atoms with Gasteiger partial charge in [-0.1, -0.05) is 17.7 Å². The largest absolute Gasteiger partial charge is 0.493 e. The molecule has 0 unspecified atom stereocenters.